The van der Waals surface area contributed by atoms with Crippen LogP contribution in [0.2, 0.25) is 0 Å². The third-order valence-corrected chi connectivity index (χ3v) is 3.34. The molecule has 0 bridgehead atoms. The minimum absolute atomic E-state index is 0. The molecule has 0 fully saturated rings. The topological polar surface area (TPSA) is 70.3 Å². The van der Waals surface area contributed by atoms with E-state index < -0.39 is 5.91 Å². The maximum absolute atomic E-state index is 12.9. The van der Waals surface area contributed by atoms with Gasteiger partial charge in [0.2, 0.25) is 0 Å². The van der Waals surface area contributed by atoms with Crippen molar-refractivity contribution in [3.05, 3.63) is 59.4 Å². The van der Waals surface area contributed by atoms with E-state index in [0.29, 0.717) is 22.3 Å². The molecular formula is C15H11FKN2O2P. The van der Waals surface area contributed by atoms with Gasteiger partial charge in [-0.15, -0.1) is 14.9 Å². The van der Waals surface area contributed by atoms with Gasteiger partial charge in [0.05, 0.1) is 0 Å². The van der Waals surface area contributed by atoms with Gasteiger partial charge in [-0.1, -0.05) is 30.0 Å². The van der Waals surface area contributed by atoms with E-state index in [4.69, 9.17) is 10.2 Å². The van der Waals surface area contributed by atoms with Gasteiger partial charge < -0.3 is 15.5 Å². The number of carbonyl (C=O) groups excluding carboxylic acids is 1. The molecule has 22 heavy (non-hydrogen) atoms. The average Bonchev–Trinajstić information content (AvgIpc) is 2.79. The number of carbonyl (C=O) groups is 1. The molecule has 3 aromatic rings. The van der Waals surface area contributed by atoms with Crippen LogP contribution in [-0.2, 0) is 0 Å². The van der Waals surface area contributed by atoms with Crippen LogP contribution in [0, 0.1) is 5.82 Å². The van der Waals surface area contributed by atoms with Crippen LogP contribution in [0.25, 0.3) is 16.3 Å². The number of hydrogen-bond donors (Lipinski definition) is 1. The molecule has 1 heterocycles. The van der Waals surface area contributed by atoms with Gasteiger partial charge in [-0.25, -0.2) is 4.39 Å². The van der Waals surface area contributed by atoms with Crippen molar-refractivity contribution < 1.29 is 65.0 Å². The average molecular weight is 340 g/mol. The summed E-state index contributed by atoms with van der Waals surface area (Å²) in [6, 6.07) is 11.1. The summed E-state index contributed by atoms with van der Waals surface area (Å²) in [7, 11) is 2.55. The molecule has 4 nitrogen and oxygen atoms in total. The van der Waals surface area contributed by atoms with Crippen LogP contribution in [0.4, 0.5) is 15.8 Å². The Morgan fingerprint density at radius 3 is 2.50 bits per heavy atom. The largest absolute Gasteiger partial charge is 1.00 e. The number of rotatable bonds is 3. The van der Waals surface area contributed by atoms with E-state index in [1.165, 1.54) is 24.3 Å². The van der Waals surface area contributed by atoms with Crippen molar-refractivity contribution in [3.63, 3.8) is 0 Å². The van der Waals surface area contributed by atoms with Gasteiger partial charge in [0, 0.05) is 5.39 Å². The molecule has 106 valence electrons. The van der Waals surface area contributed by atoms with Crippen molar-refractivity contribution >= 4 is 42.8 Å². The number of nitrogens with two attached hydrogens (primary N) is 1. The van der Waals surface area contributed by atoms with Gasteiger partial charge in [0.15, 0.2) is 5.76 Å². The second kappa shape index (κ2) is 7.21. The van der Waals surface area contributed by atoms with E-state index >= 15 is 0 Å². The number of primary amides is 1. The Bertz CT molecular complexity index is 833. The smallest absolute Gasteiger partial charge is 0.654 e. The molecule has 1 unspecified atom stereocenters. The maximum Gasteiger partial charge on any atom is 1.00 e. The Morgan fingerprint density at radius 2 is 1.86 bits per heavy atom. The zero-order valence-corrected chi connectivity index (χ0v) is 16.1. The van der Waals surface area contributed by atoms with E-state index in [0.717, 1.165) is 5.30 Å². The fourth-order valence-corrected chi connectivity index (χ4v) is 2.27. The number of benzene rings is 2. The van der Waals surface area contributed by atoms with E-state index in [-0.39, 0.29) is 63.0 Å². The number of furan rings is 1. The fraction of sp³-hybridized carbons (Fsp3) is 0. The molecule has 0 saturated heterocycles. The summed E-state index contributed by atoms with van der Waals surface area (Å²) >= 11 is 0. The Balaban J connectivity index is 0.00000176. The van der Waals surface area contributed by atoms with Gasteiger partial charge in [-0.2, -0.15) is 0 Å². The standard InChI is InChI=1S/C15H12FN2O2P.K/c16-8-1-3-9(4-2-8)18-13-11-6-5-10(21)7-12(11)20-14(13)15(17)19;/h1-7H,21H2,(H3,17,18,19);/q;+1/p-1. The van der Waals surface area contributed by atoms with Gasteiger partial charge in [-0.05, 0) is 23.5 Å². The van der Waals surface area contributed by atoms with Gasteiger partial charge in [0.1, 0.15) is 11.4 Å². The van der Waals surface area contributed by atoms with Gasteiger partial charge >= 0.3 is 51.4 Å². The second-order valence-corrected chi connectivity index (χ2v) is 5.15. The van der Waals surface area contributed by atoms with E-state index in [9.17, 15) is 9.18 Å². The van der Waals surface area contributed by atoms with Crippen molar-refractivity contribution in [2.45, 2.75) is 0 Å². The summed E-state index contributed by atoms with van der Waals surface area (Å²) in [4.78, 5) is 11.5. The molecule has 2 N–H and O–H groups in total. The summed E-state index contributed by atoms with van der Waals surface area (Å²) in [6.07, 6.45) is 0. The van der Waals surface area contributed by atoms with E-state index in [2.05, 4.69) is 14.6 Å². The number of nitrogens with zero attached hydrogens (tertiary/aromatic N) is 1. The van der Waals surface area contributed by atoms with Crippen LogP contribution in [0.1, 0.15) is 10.6 Å². The summed E-state index contributed by atoms with van der Waals surface area (Å²) in [5, 5.41) is 5.95. The predicted molar refractivity (Wildman–Crippen MR) is 83.2 cm³/mol. The predicted octanol–water partition coefficient (Wildman–Crippen LogP) is 0.512. The van der Waals surface area contributed by atoms with Crippen LogP contribution in [0.15, 0.2) is 46.9 Å². The van der Waals surface area contributed by atoms with Crippen molar-refractivity contribution in [1.29, 1.82) is 0 Å². The zero-order valence-electron chi connectivity index (χ0n) is 11.8. The first-order valence-corrected chi connectivity index (χ1v) is 6.71. The molecular weight excluding hydrogens is 329 g/mol. The first-order valence-electron chi connectivity index (χ1n) is 6.14. The first kappa shape index (κ1) is 17.6. The molecule has 0 aliphatic heterocycles. The summed E-state index contributed by atoms with van der Waals surface area (Å²) in [6.45, 7) is 0. The minimum atomic E-state index is -0.697. The minimum Gasteiger partial charge on any atom is -0.654 e. The zero-order chi connectivity index (χ0) is 15.0. The fourth-order valence-electron chi connectivity index (χ4n) is 2.02. The Hall–Kier alpha value is -0.754. The van der Waals surface area contributed by atoms with Crippen LogP contribution >= 0.6 is 9.24 Å². The molecule has 3 rings (SSSR count). The van der Waals surface area contributed by atoms with Crippen LogP contribution in [-0.4, -0.2) is 5.91 Å². The van der Waals surface area contributed by atoms with Crippen LogP contribution in [0.3, 0.4) is 0 Å². The summed E-state index contributed by atoms with van der Waals surface area (Å²) in [5.74, 6) is -1.06. The van der Waals surface area contributed by atoms with Crippen molar-refractivity contribution in [2.24, 2.45) is 5.73 Å². The maximum atomic E-state index is 12.9. The Morgan fingerprint density at radius 1 is 1.18 bits per heavy atom. The molecule has 7 heteroatoms. The molecule has 2 aromatic carbocycles. The van der Waals surface area contributed by atoms with Crippen molar-refractivity contribution in [1.82, 2.24) is 0 Å². The molecule has 0 aliphatic carbocycles. The third kappa shape index (κ3) is 3.59. The summed E-state index contributed by atoms with van der Waals surface area (Å²) < 4.78 is 18.4. The molecule has 0 aliphatic rings. The number of hydrogen-bond acceptors (Lipinski definition) is 2. The van der Waals surface area contributed by atoms with E-state index in [1.807, 2.05) is 6.07 Å². The molecule has 0 saturated carbocycles. The Kier molecular flexibility index (Phi) is 5.77. The quantitative estimate of drug-likeness (QED) is 0.558. The molecule has 1 amide bonds. The SMILES string of the molecule is NC(=O)c1oc2cc(P)ccc2c1[N-]c1ccc(F)cc1.[K+]. The number of amides is 1. The van der Waals surface area contributed by atoms with Crippen molar-refractivity contribution in [3.8, 4) is 0 Å². The summed E-state index contributed by atoms with van der Waals surface area (Å²) in [5.41, 5.74) is 6.73. The normalized spacial score (nSPS) is 10.3. The first-order chi connectivity index (χ1) is 10.0. The van der Waals surface area contributed by atoms with Gasteiger partial charge in [0.25, 0.3) is 5.91 Å². The van der Waals surface area contributed by atoms with Crippen LogP contribution in [0.5, 0.6) is 0 Å². The second-order valence-electron chi connectivity index (χ2n) is 4.49. The molecule has 0 spiro atoms. The van der Waals surface area contributed by atoms with Crippen LogP contribution < -0.4 is 62.4 Å². The molecule has 1 aromatic heterocycles. The monoisotopic (exact) mass is 340 g/mol. The number of fused-ring (bicyclic) bond motifs is 1. The third-order valence-electron chi connectivity index (χ3n) is 2.98. The number of halogens is 1. The Labute approximate surface area is 171 Å². The molecule has 0 radical (unpaired) electrons. The van der Waals surface area contributed by atoms with E-state index in [1.54, 1.807) is 12.1 Å². The molecule has 1 atom stereocenters. The van der Waals surface area contributed by atoms with Crippen molar-refractivity contribution in [2.75, 3.05) is 0 Å². The van der Waals surface area contributed by atoms with Gasteiger partial charge in [-0.3, -0.25) is 4.79 Å².